The molecule has 4 nitrogen and oxygen atoms in total. The predicted molar refractivity (Wildman–Crippen MR) is 94.1 cm³/mol. The Morgan fingerprint density at radius 3 is 2.61 bits per heavy atom. The summed E-state index contributed by atoms with van der Waals surface area (Å²) in [6.07, 6.45) is 0.651. The Labute approximate surface area is 147 Å². The van der Waals surface area contributed by atoms with Crippen molar-refractivity contribution in [1.82, 2.24) is 9.55 Å². The lowest BCUT2D eigenvalue weighted by Crippen LogP contribution is -2.18. The van der Waals surface area contributed by atoms with E-state index in [1.165, 1.54) is 0 Å². The van der Waals surface area contributed by atoms with E-state index < -0.39 is 0 Å². The Bertz CT molecular complexity index is 902. The van der Waals surface area contributed by atoms with Crippen LogP contribution in [-0.4, -0.2) is 16.2 Å². The second-order valence-corrected chi connectivity index (χ2v) is 6.22. The first-order valence-corrected chi connectivity index (χ1v) is 8.14. The lowest BCUT2D eigenvalue weighted by molar-refractivity contribution is 0.302. The molecule has 120 valence electrons. The van der Waals surface area contributed by atoms with Crippen molar-refractivity contribution in [3.63, 3.8) is 0 Å². The molecule has 0 aliphatic rings. The molecule has 2 aromatic carbocycles. The van der Waals surface area contributed by atoms with E-state index >= 15 is 0 Å². The summed E-state index contributed by atoms with van der Waals surface area (Å²) in [5.74, 6) is 0.479. The molecule has 0 atom stereocenters. The third-order valence-corrected chi connectivity index (χ3v) is 4.46. The van der Waals surface area contributed by atoms with Crippen molar-refractivity contribution in [2.75, 3.05) is 6.61 Å². The quantitative estimate of drug-likeness (QED) is 0.519. The number of nitrogens with one attached hydrogen (secondary N) is 1. The molecular formula is C16H13Cl3N2O2. The summed E-state index contributed by atoms with van der Waals surface area (Å²) in [7, 11) is 0. The number of imidazole rings is 1. The molecule has 1 N–H and O–H groups in total. The molecule has 0 saturated carbocycles. The number of hydrogen-bond donors (Lipinski definition) is 1. The Kier molecular flexibility index (Phi) is 4.85. The third-order valence-electron chi connectivity index (χ3n) is 3.44. The van der Waals surface area contributed by atoms with E-state index in [9.17, 15) is 4.79 Å². The van der Waals surface area contributed by atoms with Crippen molar-refractivity contribution in [3.05, 3.63) is 62.0 Å². The molecule has 0 aliphatic heterocycles. The van der Waals surface area contributed by atoms with E-state index in [-0.39, 0.29) is 5.69 Å². The van der Waals surface area contributed by atoms with E-state index in [0.717, 1.165) is 11.0 Å². The topological polar surface area (TPSA) is 47.0 Å². The van der Waals surface area contributed by atoms with Crippen molar-refractivity contribution in [2.24, 2.45) is 0 Å². The van der Waals surface area contributed by atoms with Gasteiger partial charge < -0.3 is 9.72 Å². The molecule has 0 aliphatic carbocycles. The van der Waals surface area contributed by atoms with E-state index in [1.807, 2.05) is 24.3 Å². The van der Waals surface area contributed by atoms with Crippen LogP contribution in [-0.2, 0) is 6.54 Å². The lowest BCUT2D eigenvalue weighted by Gasteiger charge is -2.09. The number of benzene rings is 2. The summed E-state index contributed by atoms with van der Waals surface area (Å²) in [5.41, 5.74) is 1.58. The number of para-hydroxylation sites is 2. The molecule has 0 spiro atoms. The zero-order valence-electron chi connectivity index (χ0n) is 12.0. The van der Waals surface area contributed by atoms with Gasteiger partial charge >= 0.3 is 5.69 Å². The van der Waals surface area contributed by atoms with Crippen molar-refractivity contribution in [2.45, 2.75) is 13.0 Å². The molecule has 0 amide bonds. The zero-order chi connectivity index (χ0) is 16.4. The van der Waals surface area contributed by atoms with Crippen LogP contribution >= 0.6 is 34.8 Å². The monoisotopic (exact) mass is 370 g/mol. The van der Waals surface area contributed by atoms with Gasteiger partial charge in [0.1, 0.15) is 5.75 Å². The number of nitrogens with zero attached hydrogens (tertiary/aromatic N) is 1. The number of hydrogen-bond acceptors (Lipinski definition) is 2. The van der Waals surface area contributed by atoms with Crippen LogP contribution in [0.15, 0.2) is 41.2 Å². The first kappa shape index (κ1) is 16.2. The number of fused-ring (bicyclic) bond motifs is 1. The van der Waals surface area contributed by atoms with Crippen LogP contribution in [0.2, 0.25) is 15.1 Å². The molecule has 0 fully saturated rings. The Morgan fingerprint density at radius 2 is 1.78 bits per heavy atom. The summed E-state index contributed by atoms with van der Waals surface area (Å²) in [4.78, 5) is 14.8. The molecule has 1 heterocycles. The minimum absolute atomic E-state index is 0.126. The summed E-state index contributed by atoms with van der Waals surface area (Å²) in [5, 5.41) is 1.18. The van der Waals surface area contributed by atoms with Crippen molar-refractivity contribution < 1.29 is 4.74 Å². The maximum Gasteiger partial charge on any atom is 0.326 e. The van der Waals surface area contributed by atoms with Gasteiger partial charge in [-0.2, -0.15) is 0 Å². The highest BCUT2D eigenvalue weighted by atomic mass is 35.5. The minimum atomic E-state index is -0.126. The van der Waals surface area contributed by atoms with Crippen LogP contribution < -0.4 is 10.4 Å². The fourth-order valence-electron chi connectivity index (χ4n) is 2.35. The van der Waals surface area contributed by atoms with E-state index in [1.54, 1.807) is 16.7 Å². The van der Waals surface area contributed by atoms with Gasteiger partial charge in [0.25, 0.3) is 0 Å². The highest BCUT2D eigenvalue weighted by Crippen LogP contribution is 2.33. The molecular weight excluding hydrogens is 359 g/mol. The zero-order valence-corrected chi connectivity index (χ0v) is 14.3. The van der Waals surface area contributed by atoms with Gasteiger partial charge in [-0.05, 0) is 24.6 Å². The highest BCUT2D eigenvalue weighted by Gasteiger charge is 2.08. The van der Waals surface area contributed by atoms with Crippen LogP contribution in [0, 0.1) is 0 Å². The SMILES string of the molecule is O=c1[nH]c2ccccc2n1CCCOc1cc(Cl)c(Cl)cc1Cl. The molecule has 3 rings (SSSR count). The molecule has 0 bridgehead atoms. The normalized spacial score (nSPS) is 11.1. The largest absolute Gasteiger partial charge is 0.492 e. The third kappa shape index (κ3) is 3.50. The highest BCUT2D eigenvalue weighted by molar-refractivity contribution is 6.43. The van der Waals surface area contributed by atoms with E-state index in [0.29, 0.717) is 40.4 Å². The van der Waals surface area contributed by atoms with E-state index in [2.05, 4.69) is 4.98 Å². The lowest BCUT2D eigenvalue weighted by atomic mass is 10.3. The van der Waals surface area contributed by atoms with Crippen LogP contribution in [0.4, 0.5) is 0 Å². The van der Waals surface area contributed by atoms with Crippen molar-refractivity contribution >= 4 is 45.8 Å². The second-order valence-electron chi connectivity index (χ2n) is 5.00. The van der Waals surface area contributed by atoms with Gasteiger partial charge in [0.05, 0.1) is 32.7 Å². The van der Waals surface area contributed by atoms with Gasteiger partial charge in [0.15, 0.2) is 0 Å². The number of halogens is 3. The average molecular weight is 372 g/mol. The van der Waals surface area contributed by atoms with Gasteiger partial charge in [-0.3, -0.25) is 4.57 Å². The molecule has 3 aromatic rings. The molecule has 0 radical (unpaired) electrons. The summed E-state index contributed by atoms with van der Waals surface area (Å²) < 4.78 is 7.31. The number of ether oxygens (including phenoxy) is 1. The predicted octanol–water partition coefficient (Wildman–Crippen LogP) is 4.76. The molecule has 7 heteroatoms. The average Bonchev–Trinajstić information content (AvgIpc) is 2.84. The Hall–Kier alpha value is -1.62. The van der Waals surface area contributed by atoms with Crippen LogP contribution in [0.3, 0.4) is 0 Å². The van der Waals surface area contributed by atoms with Crippen LogP contribution in [0.1, 0.15) is 6.42 Å². The number of aromatic nitrogens is 2. The minimum Gasteiger partial charge on any atom is -0.492 e. The number of H-pyrrole nitrogens is 1. The van der Waals surface area contributed by atoms with Gasteiger partial charge in [0.2, 0.25) is 0 Å². The summed E-state index contributed by atoms with van der Waals surface area (Å²) in [6.45, 7) is 0.950. The summed E-state index contributed by atoms with van der Waals surface area (Å²) >= 11 is 17.9. The van der Waals surface area contributed by atoms with Gasteiger partial charge in [0, 0.05) is 12.6 Å². The number of rotatable bonds is 5. The molecule has 0 saturated heterocycles. The van der Waals surface area contributed by atoms with E-state index in [4.69, 9.17) is 39.5 Å². The second kappa shape index (κ2) is 6.87. The standard InChI is InChI=1S/C16H13Cl3N2O2/c17-10-8-12(19)15(9-11(10)18)23-7-3-6-21-14-5-2-1-4-13(14)20-16(21)22/h1-2,4-5,8-9H,3,6-7H2,(H,20,22). The first-order chi connectivity index (χ1) is 11.1. The number of aromatic amines is 1. The first-order valence-electron chi connectivity index (χ1n) is 7.01. The fourth-order valence-corrected chi connectivity index (χ4v) is 2.94. The smallest absolute Gasteiger partial charge is 0.326 e. The Morgan fingerprint density at radius 1 is 1.04 bits per heavy atom. The maximum atomic E-state index is 12.0. The van der Waals surface area contributed by atoms with Gasteiger partial charge in [-0.15, -0.1) is 0 Å². The van der Waals surface area contributed by atoms with Gasteiger partial charge in [-0.1, -0.05) is 46.9 Å². The van der Waals surface area contributed by atoms with Crippen LogP contribution in [0.5, 0.6) is 5.75 Å². The fraction of sp³-hybridized carbons (Fsp3) is 0.188. The molecule has 23 heavy (non-hydrogen) atoms. The van der Waals surface area contributed by atoms with Gasteiger partial charge in [-0.25, -0.2) is 4.79 Å². The molecule has 1 aromatic heterocycles. The Balaban J connectivity index is 1.65. The molecule has 0 unspecified atom stereocenters. The summed E-state index contributed by atoms with van der Waals surface area (Å²) in [6, 6.07) is 10.7. The number of aryl methyl sites for hydroxylation is 1. The van der Waals surface area contributed by atoms with Crippen LogP contribution in [0.25, 0.3) is 11.0 Å². The maximum absolute atomic E-state index is 12.0. The van der Waals surface area contributed by atoms with Crippen molar-refractivity contribution in [3.8, 4) is 5.75 Å². The van der Waals surface area contributed by atoms with Crippen molar-refractivity contribution in [1.29, 1.82) is 0 Å².